The molecule has 0 radical (unpaired) electrons. The van der Waals surface area contributed by atoms with Crippen LogP contribution in [-0.4, -0.2) is 71.9 Å². The fourth-order valence-electron chi connectivity index (χ4n) is 3.09. The lowest BCUT2D eigenvalue weighted by molar-refractivity contribution is 0.0876. The molecule has 1 N–H and O–H groups in total. The molecular weight excluding hydrogens is 262 g/mol. The minimum Gasteiger partial charge on any atom is -0.312 e. The third kappa shape index (κ3) is 4.53. The highest BCUT2D eigenvalue weighted by Crippen LogP contribution is 2.14. The number of nitrogens with zero attached hydrogens (tertiary/aromatic N) is 4. The Hall–Kier alpha value is -0.910. The van der Waals surface area contributed by atoms with Crippen molar-refractivity contribution in [2.24, 2.45) is 0 Å². The molecule has 0 amide bonds. The van der Waals surface area contributed by atoms with Gasteiger partial charge >= 0.3 is 0 Å². The molecule has 2 rings (SSSR count). The van der Waals surface area contributed by atoms with Gasteiger partial charge in [0.2, 0.25) is 0 Å². The lowest BCUT2D eigenvalue weighted by atomic mass is 9.98. The maximum absolute atomic E-state index is 4.41. The standard InChI is InChI=1S/C16H31N5/c1-5-7-17-15(10-14-11-18-21(6-2)12-14)16-13-19(3)8-9-20(16)4/h11-12,15-17H,5-10,13H2,1-4H3. The van der Waals surface area contributed by atoms with Gasteiger partial charge in [-0.3, -0.25) is 9.58 Å². The van der Waals surface area contributed by atoms with Gasteiger partial charge in [0.05, 0.1) is 6.20 Å². The molecule has 0 aromatic carbocycles. The van der Waals surface area contributed by atoms with E-state index in [0.29, 0.717) is 12.1 Å². The zero-order valence-electron chi connectivity index (χ0n) is 14.0. The summed E-state index contributed by atoms with van der Waals surface area (Å²) in [6, 6.07) is 1.06. The van der Waals surface area contributed by atoms with E-state index in [4.69, 9.17) is 0 Å². The number of aromatic nitrogens is 2. The number of piperazine rings is 1. The summed E-state index contributed by atoms with van der Waals surface area (Å²) in [5.41, 5.74) is 1.34. The van der Waals surface area contributed by atoms with Gasteiger partial charge in [0, 0.05) is 44.5 Å². The molecule has 1 fully saturated rings. The zero-order valence-corrected chi connectivity index (χ0v) is 14.0. The second-order valence-corrected chi connectivity index (χ2v) is 6.28. The summed E-state index contributed by atoms with van der Waals surface area (Å²) in [4.78, 5) is 4.96. The van der Waals surface area contributed by atoms with Crippen LogP contribution in [-0.2, 0) is 13.0 Å². The molecule has 0 aliphatic carbocycles. The van der Waals surface area contributed by atoms with Gasteiger partial charge in [-0.15, -0.1) is 0 Å². The van der Waals surface area contributed by atoms with E-state index in [0.717, 1.165) is 32.6 Å². The molecule has 0 bridgehead atoms. The predicted molar refractivity (Wildman–Crippen MR) is 87.6 cm³/mol. The molecule has 2 unspecified atom stereocenters. The molecule has 120 valence electrons. The van der Waals surface area contributed by atoms with Crippen molar-refractivity contribution in [3.8, 4) is 0 Å². The van der Waals surface area contributed by atoms with Gasteiger partial charge < -0.3 is 10.2 Å². The van der Waals surface area contributed by atoms with E-state index < -0.39 is 0 Å². The minimum atomic E-state index is 0.493. The second-order valence-electron chi connectivity index (χ2n) is 6.28. The smallest absolute Gasteiger partial charge is 0.0522 e. The summed E-state index contributed by atoms with van der Waals surface area (Å²) in [7, 11) is 4.49. The highest BCUT2D eigenvalue weighted by molar-refractivity contribution is 5.08. The third-order valence-corrected chi connectivity index (χ3v) is 4.49. The Labute approximate surface area is 129 Å². The Morgan fingerprint density at radius 2 is 2.14 bits per heavy atom. The van der Waals surface area contributed by atoms with E-state index >= 15 is 0 Å². The average molecular weight is 293 g/mol. The Bertz CT molecular complexity index is 417. The highest BCUT2D eigenvalue weighted by atomic mass is 15.3. The second kappa shape index (κ2) is 7.92. The largest absolute Gasteiger partial charge is 0.312 e. The van der Waals surface area contributed by atoms with E-state index in [9.17, 15) is 0 Å². The maximum Gasteiger partial charge on any atom is 0.0522 e. The molecule has 5 heteroatoms. The van der Waals surface area contributed by atoms with Crippen molar-refractivity contribution in [3.63, 3.8) is 0 Å². The summed E-state index contributed by atoms with van der Waals surface area (Å²) in [6.45, 7) is 9.85. The Morgan fingerprint density at radius 3 is 2.81 bits per heavy atom. The summed E-state index contributed by atoms with van der Waals surface area (Å²) in [5.74, 6) is 0. The molecule has 0 spiro atoms. The summed E-state index contributed by atoms with van der Waals surface area (Å²) >= 11 is 0. The topological polar surface area (TPSA) is 36.3 Å². The normalized spacial score (nSPS) is 22.6. The van der Waals surface area contributed by atoms with Gasteiger partial charge in [-0.1, -0.05) is 6.92 Å². The maximum atomic E-state index is 4.41. The average Bonchev–Trinajstić information content (AvgIpc) is 2.94. The van der Waals surface area contributed by atoms with Crippen LogP contribution in [0.4, 0.5) is 0 Å². The van der Waals surface area contributed by atoms with Gasteiger partial charge in [-0.25, -0.2) is 0 Å². The van der Waals surface area contributed by atoms with Crippen molar-refractivity contribution in [1.29, 1.82) is 0 Å². The van der Waals surface area contributed by atoms with Crippen LogP contribution in [0.1, 0.15) is 25.8 Å². The van der Waals surface area contributed by atoms with Gasteiger partial charge in [0.1, 0.15) is 0 Å². The molecule has 1 aromatic rings. The fourth-order valence-corrected chi connectivity index (χ4v) is 3.09. The molecule has 1 aliphatic heterocycles. The zero-order chi connectivity index (χ0) is 15.2. The first-order valence-electron chi connectivity index (χ1n) is 8.27. The van der Waals surface area contributed by atoms with Crippen LogP contribution in [0.3, 0.4) is 0 Å². The first-order chi connectivity index (χ1) is 10.1. The quantitative estimate of drug-likeness (QED) is 0.815. The van der Waals surface area contributed by atoms with E-state index in [-0.39, 0.29) is 0 Å². The SMILES string of the molecule is CCCNC(Cc1cnn(CC)c1)C1CN(C)CCN1C. The van der Waals surface area contributed by atoms with Crippen LogP contribution >= 0.6 is 0 Å². The lowest BCUT2D eigenvalue weighted by Crippen LogP contribution is -2.59. The molecule has 0 saturated carbocycles. The fraction of sp³-hybridized carbons (Fsp3) is 0.812. The van der Waals surface area contributed by atoms with Crippen LogP contribution < -0.4 is 5.32 Å². The van der Waals surface area contributed by atoms with Gasteiger partial charge in [-0.05, 0) is 46.0 Å². The third-order valence-electron chi connectivity index (χ3n) is 4.49. The number of aryl methyl sites for hydroxylation is 1. The molecule has 1 aromatic heterocycles. The van der Waals surface area contributed by atoms with Crippen molar-refractivity contribution < 1.29 is 0 Å². The molecule has 1 saturated heterocycles. The van der Waals surface area contributed by atoms with Crippen LogP contribution in [0.5, 0.6) is 0 Å². The first-order valence-corrected chi connectivity index (χ1v) is 8.27. The number of likely N-dealkylation sites (N-methyl/N-ethyl adjacent to an activating group) is 2. The summed E-state index contributed by atoms with van der Waals surface area (Å²) in [6.07, 6.45) is 6.45. The van der Waals surface area contributed by atoms with Crippen molar-refractivity contribution in [2.75, 3.05) is 40.3 Å². The van der Waals surface area contributed by atoms with Gasteiger partial charge in [0.25, 0.3) is 0 Å². The van der Waals surface area contributed by atoms with Crippen LogP contribution in [0.2, 0.25) is 0 Å². The van der Waals surface area contributed by atoms with Crippen molar-refractivity contribution in [1.82, 2.24) is 24.9 Å². The molecule has 21 heavy (non-hydrogen) atoms. The van der Waals surface area contributed by atoms with E-state index in [2.05, 4.69) is 54.4 Å². The summed E-state index contributed by atoms with van der Waals surface area (Å²) in [5, 5.41) is 8.17. The number of nitrogens with one attached hydrogen (secondary N) is 1. The van der Waals surface area contributed by atoms with Crippen molar-refractivity contribution >= 4 is 0 Å². The first kappa shape index (κ1) is 16.5. The van der Waals surface area contributed by atoms with Crippen molar-refractivity contribution in [2.45, 2.75) is 45.3 Å². The lowest BCUT2D eigenvalue weighted by Gasteiger charge is -2.42. The Kier molecular flexibility index (Phi) is 6.21. The van der Waals surface area contributed by atoms with Gasteiger partial charge in [-0.2, -0.15) is 5.10 Å². The molecule has 2 heterocycles. The van der Waals surface area contributed by atoms with E-state index in [1.807, 2.05) is 10.9 Å². The molecule has 5 nitrogen and oxygen atoms in total. The predicted octanol–water partition coefficient (Wildman–Crippen LogP) is 1.06. The van der Waals surface area contributed by atoms with Gasteiger partial charge in [0.15, 0.2) is 0 Å². The number of hydrogen-bond donors (Lipinski definition) is 1. The highest BCUT2D eigenvalue weighted by Gasteiger charge is 2.29. The Balaban J connectivity index is 2.05. The molecular formula is C16H31N5. The molecule has 1 aliphatic rings. The van der Waals surface area contributed by atoms with E-state index in [1.165, 1.54) is 18.5 Å². The molecule has 2 atom stereocenters. The Morgan fingerprint density at radius 1 is 1.33 bits per heavy atom. The minimum absolute atomic E-state index is 0.493. The van der Waals surface area contributed by atoms with E-state index in [1.54, 1.807) is 0 Å². The number of hydrogen-bond acceptors (Lipinski definition) is 4. The monoisotopic (exact) mass is 293 g/mol. The summed E-state index contributed by atoms with van der Waals surface area (Å²) < 4.78 is 2.02. The van der Waals surface area contributed by atoms with Crippen LogP contribution in [0.15, 0.2) is 12.4 Å². The number of rotatable bonds is 7. The van der Waals surface area contributed by atoms with Crippen LogP contribution in [0.25, 0.3) is 0 Å². The van der Waals surface area contributed by atoms with Crippen LogP contribution in [0, 0.1) is 0 Å². The van der Waals surface area contributed by atoms with Crippen molar-refractivity contribution in [3.05, 3.63) is 18.0 Å².